The monoisotopic (exact) mass is 627 g/mol. The van der Waals surface area contributed by atoms with E-state index in [-0.39, 0.29) is 0 Å². The van der Waals surface area contributed by atoms with Crippen LogP contribution in [0.4, 0.5) is 0 Å². The molecule has 0 aliphatic rings. The van der Waals surface area contributed by atoms with E-state index in [1.54, 1.807) is 0 Å². The summed E-state index contributed by atoms with van der Waals surface area (Å²) in [7, 11) is 0. The lowest BCUT2D eigenvalue weighted by Gasteiger charge is -2.11. The zero-order chi connectivity index (χ0) is 32.6. The third-order valence-corrected chi connectivity index (χ3v) is 8.96. The van der Waals surface area contributed by atoms with Crippen LogP contribution in [0.3, 0.4) is 0 Å². The highest BCUT2D eigenvalue weighted by Crippen LogP contribution is 2.39. The molecule has 2 heterocycles. The molecule has 49 heavy (non-hydrogen) atoms. The van der Waals surface area contributed by atoms with Gasteiger partial charge in [0.05, 0.1) is 0 Å². The maximum atomic E-state index is 6.44. The van der Waals surface area contributed by atoms with E-state index in [4.69, 9.17) is 19.4 Å². The van der Waals surface area contributed by atoms with Crippen molar-refractivity contribution in [3.05, 3.63) is 176 Å². The van der Waals surface area contributed by atoms with E-state index in [0.717, 1.165) is 60.9 Å². The van der Waals surface area contributed by atoms with Crippen LogP contribution in [0.1, 0.15) is 0 Å². The molecule has 4 nitrogen and oxygen atoms in total. The second-order valence-corrected chi connectivity index (χ2v) is 12.1. The summed E-state index contributed by atoms with van der Waals surface area (Å²) in [6.07, 6.45) is 0. The van der Waals surface area contributed by atoms with Crippen molar-refractivity contribution < 1.29 is 4.42 Å². The highest BCUT2D eigenvalue weighted by atomic mass is 16.3. The van der Waals surface area contributed by atoms with Gasteiger partial charge in [-0.3, -0.25) is 0 Å². The summed E-state index contributed by atoms with van der Waals surface area (Å²) in [6, 6.07) is 60.5. The van der Waals surface area contributed by atoms with Crippen LogP contribution in [0.5, 0.6) is 0 Å². The Labute approximate surface area is 284 Å². The zero-order valence-corrected chi connectivity index (χ0v) is 26.5. The fourth-order valence-corrected chi connectivity index (χ4v) is 6.44. The number of nitrogens with zero attached hydrogens (tertiary/aromatic N) is 3. The van der Waals surface area contributed by atoms with E-state index in [1.165, 1.54) is 11.1 Å². The average molecular weight is 628 g/mol. The number of hydrogen-bond acceptors (Lipinski definition) is 4. The molecule has 0 N–H and O–H groups in total. The van der Waals surface area contributed by atoms with Gasteiger partial charge in [0.25, 0.3) is 0 Å². The van der Waals surface area contributed by atoms with Crippen LogP contribution < -0.4 is 0 Å². The SMILES string of the molecule is c1ccc(-c2ccc(-c3ccc(-c4nc(-c5ccccc5)nc(-c5cc(-c6ccccc6)c6oc7ccccc7c6c5)n4)cc3)cc2)cc1. The molecule has 0 aliphatic heterocycles. The second-order valence-electron chi connectivity index (χ2n) is 12.1. The van der Waals surface area contributed by atoms with Crippen LogP contribution in [0, 0.1) is 0 Å². The summed E-state index contributed by atoms with van der Waals surface area (Å²) >= 11 is 0. The Bertz CT molecular complexity index is 2560. The number of hydrogen-bond donors (Lipinski definition) is 0. The van der Waals surface area contributed by atoms with Crippen LogP contribution in [0.2, 0.25) is 0 Å². The predicted octanol–water partition coefficient (Wildman–Crippen LogP) is 11.8. The first-order valence-corrected chi connectivity index (χ1v) is 16.4. The van der Waals surface area contributed by atoms with E-state index in [9.17, 15) is 0 Å². The van der Waals surface area contributed by atoms with Crippen LogP contribution in [-0.2, 0) is 0 Å². The molecule has 230 valence electrons. The molecule has 7 aromatic carbocycles. The molecule has 0 radical (unpaired) electrons. The van der Waals surface area contributed by atoms with Gasteiger partial charge in [-0.1, -0.05) is 158 Å². The molecule has 0 atom stereocenters. The van der Waals surface area contributed by atoms with Gasteiger partial charge in [-0.25, -0.2) is 15.0 Å². The largest absolute Gasteiger partial charge is 0.455 e. The predicted molar refractivity (Wildman–Crippen MR) is 200 cm³/mol. The Kier molecular flexibility index (Phi) is 7.10. The molecule has 0 aliphatic carbocycles. The van der Waals surface area contributed by atoms with Gasteiger partial charge in [-0.15, -0.1) is 0 Å². The normalized spacial score (nSPS) is 11.3. The summed E-state index contributed by atoms with van der Waals surface area (Å²) in [5.41, 5.74) is 11.2. The van der Waals surface area contributed by atoms with E-state index >= 15 is 0 Å². The minimum atomic E-state index is 0.605. The van der Waals surface area contributed by atoms with Gasteiger partial charge in [0.15, 0.2) is 17.5 Å². The van der Waals surface area contributed by atoms with Gasteiger partial charge in [-0.05, 0) is 46.0 Å². The molecule has 0 saturated carbocycles. The van der Waals surface area contributed by atoms with E-state index in [2.05, 4.69) is 103 Å². The van der Waals surface area contributed by atoms with Crippen molar-refractivity contribution in [3.63, 3.8) is 0 Å². The zero-order valence-electron chi connectivity index (χ0n) is 26.5. The van der Waals surface area contributed by atoms with Gasteiger partial charge in [0.1, 0.15) is 11.2 Å². The van der Waals surface area contributed by atoms with E-state index in [1.807, 2.05) is 72.8 Å². The lowest BCUT2D eigenvalue weighted by molar-refractivity contribution is 0.670. The Morgan fingerprint density at radius 2 is 0.714 bits per heavy atom. The summed E-state index contributed by atoms with van der Waals surface area (Å²) in [6.45, 7) is 0. The summed E-state index contributed by atoms with van der Waals surface area (Å²) in [4.78, 5) is 15.1. The maximum Gasteiger partial charge on any atom is 0.164 e. The first kappa shape index (κ1) is 28.6. The smallest absolute Gasteiger partial charge is 0.164 e. The van der Waals surface area contributed by atoms with Crippen LogP contribution in [0.25, 0.3) is 89.5 Å². The van der Waals surface area contributed by atoms with Gasteiger partial charge in [0.2, 0.25) is 0 Å². The average Bonchev–Trinajstić information content (AvgIpc) is 3.57. The third kappa shape index (κ3) is 5.45. The number of fused-ring (bicyclic) bond motifs is 3. The molecule has 0 amide bonds. The molecule has 9 aromatic rings. The standard InChI is InChI=1S/C45H29N3O/c1-4-12-30(13-5-1)31-20-22-32(23-21-31)33-24-26-36(27-25-33)44-46-43(35-16-8-3-9-17-35)47-45(48-44)37-28-39(34-14-6-2-7-15-34)42-40(29-37)38-18-10-11-19-41(38)49-42/h1-29H. The molecule has 0 saturated heterocycles. The van der Waals surface area contributed by atoms with Crippen molar-refractivity contribution in [3.8, 4) is 67.5 Å². The van der Waals surface area contributed by atoms with Gasteiger partial charge in [-0.2, -0.15) is 0 Å². The molecule has 4 heteroatoms. The van der Waals surface area contributed by atoms with Crippen LogP contribution >= 0.6 is 0 Å². The Hall–Kier alpha value is -6.65. The molecular weight excluding hydrogens is 599 g/mol. The number of para-hydroxylation sites is 1. The van der Waals surface area contributed by atoms with Crippen LogP contribution in [0.15, 0.2) is 180 Å². The number of rotatable bonds is 6. The molecule has 2 aromatic heterocycles. The minimum absolute atomic E-state index is 0.605. The minimum Gasteiger partial charge on any atom is -0.455 e. The summed E-state index contributed by atoms with van der Waals surface area (Å²) < 4.78 is 6.44. The molecule has 0 unspecified atom stereocenters. The quantitative estimate of drug-likeness (QED) is 0.184. The van der Waals surface area contributed by atoms with Crippen molar-refractivity contribution in [2.75, 3.05) is 0 Å². The number of benzene rings is 7. The van der Waals surface area contributed by atoms with Crippen molar-refractivity contribution in [2.45, 2.75) is 0 Å². The van der Waals surface area contributed by atoms with Gasteiger partial charge >= 0.3 is 0 Å². The number of furan rings is 1. The molecule has 0 spiro atoms. The van der Waals surface area contributed by atoms with E-state index in [0.29, 0.717) is 17.5 Å². The Balaban J connectivity index is 1.16. The fourth-order valence-electron chi connectivity index (χ4n) is 6.44. The Morgan fingerprint density at radius 1 is 0.306 bits per heavy atom. The topological polar surface area (TPSA) is 51.8 Å². The molecule has 9 rings (SSSR count). The molecule has 0 bridgehead atoms. The first-order chi connectivity index (χ1) is 24.3. The summed E-state index contributed by atoms with van der Waals surface area (Å²) in [5, 5.41) is 2.08. The first-order valence-electron chi connectivity index (χ1n) is 16.4. The van der Waals surface area contributed by atoms with Crippen molar-refractivity contribution in [1.82, 2.24) is 15.0 Å². The fraction of sp³-hybridized carbons (Fsp3) is 0. The highest BCUT2D eigenvalue weighted by molar-refractivity contribution is 6.11. The van der Waals surface area contributed by atoms with Gasteiger partial charge in [0, 0.05) is 33.0 Å². The van der Waals surface area contributed by atoms with Crippen molar-refractivity contribution >= 4 is 21.9 Å². The van der Waals surface area contributed by atoms with Crippen LogP contribution in [-0.4, -0.2) is 15.0 Å². The highest BCUT2D eigenvalue weighted by Gasteiger charge is 2.18. The van der Waals surface area contributed by atoms with Gasteiger partial charge < -0.3 is 4.42 Å². The van der Waals surface area contributed by atoms with Crippen molar-refractivity contribution in [1.29, 1.82) is 0 Å². The third-order valence-electron chi connectivity index (χ3n) is 8.96. The molecular formula is C45H29N3O. The Morgan fingerprint density at radius 3 is 1.29 bits per heavy atom. The summed E-state index contributed by atoms with van der Waals surface area (Å²) in [5.74, 6) is 1.85. The molecule has 0 fully saturated rings. The second kappa shape index (κ2) is 12.2. The van der Waals surface area contributed by atoms with Crippen molar-refractivity contribution in [2.24, 2.45) is 0 Å². The van der Waals surface area contributed by atoms with E-state index < -0.39 is 0 Å². The number of aromatic nitrogens is 3. The maximum absolute atomic E-state index is 6.44. The lowest BCUT2D eigenvalue weighted by atomic mass is 9.98. The lowest BCUT2D eigenvalue weighted by Crippen LogP contribution is -2.00.